The maximum absolute atomic E-state index is 11.8. The van der Waals surface area contributed by atoms with Gasteiger partial charge in [-0.3, -0.25) is 4.79 Å². The summed E-state index contributed by atoms with van der Waals surface area (Å²) in [4.78, 5) is 13.5. The quantitative estimate of drug-likeness (QED) is 0.859. The molecule has 1 aromatic carbocycles. The molecule has 0 atom stereocenters. The lowest BCUT2D eigenvalue weighted by molar-refractivity contribution is -0.118. The number of halogens is 1. The molecule has 1 rings (SSSR count). The third-order valence-electron chi connectivity index (χ3n) is 2.33. The number of carbonyl (C=O) groups is 1. The highest BCUT2D eigenvalue weighted by Crippen LogP contribution is 2.18. The number of hydrogen-bond acceptors (Lipinski definition) is 2. The van der Waals surface area contributed by atoms with E-state index in [0.29, 0.717) is 24.5 Å². The van der Waals surface area contributed by atoms with Gasteiger partial charge in [0.05, 0.1) is 0 Å². The van der Waals surface area contributed by atoms with Gasteiger partial charge in [0.1, 0.15) is 0 Å². The second-order valence-corrected chi connectivity index (χ2v) is 3.95. The Bertz CT molecular complexity index is 337. The minimum Gasteiger partial charge on any atom is -0.330 e. The molecule has 0 radical (unpaired) electrons. The van der Waals surface area contributed by atoms with Crippen LogP contribution in [0.15, 0.2) is 24.3 Å². The van der Waals surface area contributed by atoms with Gasteiger partial charge in [-0.15, -0.1) is 0 Å². The van der Waals surface area contributed by atoms with E-state index in [1.165, 1.54) is 0 Å². The van der Waals surface area contributed by atoms with Gasteiger partial charge in [0.25, 0.3) is 0 Å². The molecular weight excluding hydrogens is 224 g/mol. The van der Waals surface area contributed by atoms with Crippen LogP contribution in [0.4, 0.5) is 5.69 Å². The number of nitrogens with zero attached hydrogens (tertiary/aromatic N) is 1. The second kappa shape index (κ2) is 6.51. The van der Waals surface area contributed by atoms with Crippen LogP contribution in [0.25, 0.3) is 0 Å². The van der Waals surface area contributed by atoms with Crippen molar-refractivity contribution >= 4 is 23.2 Å². The van der Waals surface area contributed by atoms with E-state index in [2.05, 4.69) is 0 Å². The van der Waals surface area contributed by atoms with Crippen molar-refractivity contribution in [2.45, 2.75) is 19.8 Å². The van der Waals surface area contributed by atoms with E-state index in [1.807, 2.05) is 19.1 Å². The molecular formula is C12H17ClN2O. The predicted octanol–water partition coefficient (Wildman–Crippen LogP) is 2.43. The number of nitrogens with two attached hydrogens (primary N) is 1. The summed E-state index contributed by atoms with van der Waals surface area (Å²) in [5.74, 6) is 0.107. The summed E-state index contributed by atoms with van der Waals surface area (Å²) < 4.78 is 0. The molecule has 0 aliphatic carbocycles. The van der Waals surface area contributed by atoms with Gasteiger partial charge in [-0.25, -0.2) is 0 Å². The Morgan fingerprint density at radius 2 is 2.00 bits per heavy atom. The highest BCUT2D eigenvalue weighted by atomic mass is 35.5. The first-order valence-electron chi connectivity index (χ1n) is 5.45. The Morgan fingerprint density at radius 3 is 2.50 bits per heavy atom. The largest absolute Gasteiger partial charge is 0.330 e. The molecule has 0 aromatic heterocycles. The maximum Gasteiger partial charge on any atom is 0.226 e. The summed E-state index contributed by atoms with van der Waals surface area (Å²) in [7, 11) is 0. The van der Waals surface area contributed by atoms with E-state index in [4.69, 9.17) is 17.3 Å². The van der Waals surface area contributed by atoms with Crippen molar-refractivity contribution in [3.8, 4) is 0 Å². The first-order valence-corrected chi connectivity index (χ1v) is 5.82. The van der Waals surface area contributed by atoms with Gasteiger partial charge < -0.3 is 10.6 Å². The van der Waals surface area contributed by atoms with Crippen molar-refractivity contribution in [2.75, 3.05) is 18.0 Å². The van der Waals surface area contributed by atoms with Crippen LogP contribution in [0.5, 0.6) is 0 Å². The number of hydrogen-bond donors (Lipinski definition) is 1. The Balaban J connectivity index is 2.82. The van der Waals surface area contributed by atoms with Crippen molar-refractivity contribution in [3.63, 3.8) is 0 Å². The molecule has 88 valence electrons. The Labute approximate surface area is 101 Å². The van der Waals surface area contributed by atoms with Crippen LogP contribution in [0.1, 0.15) is 19.8 Å². The molecule has 0 spiro atoms. The summed E-state index contributed by atoms with van der Waals surface area (Å²) in [5.41, 5.74) is 6.34. The van der Waals surface area contributed by atoms with E-state index in [9.17, 15) is 4.79 Å². The molecule has 1 amide bonds. The fraction of sp³-hybridized carbons (Fsp3) is 0.417. The van der Waals surface area contributed by atoms with Gasteiger partial charge in [-0.05, 0) is 37.2 Å². The second-order valence-electron chi connectivity index (χ2n) is 3.52. The zero-order valence-electron chi connectivity index (χ0n) is 9.45. The topological polar surface area (TPSA) is 46.3 Å². The van der Waals surface area contributed by atoms with Gasteiger partial charge in [0.15, 0.2) is 0 Å². The van der Waals surface area contributed by atoms with Crippen LogP contribution >= 0.6 is 11.6 Å². The van der Waals surface area contributed by atoms with Crippen molar-refractivity contribution < 1.29 is 4.79 Å². The van der Waals surface area contributed by atoms with E-state index < -0.39 is 0 Å². The van der Waals surface area contributed by atoms with Crippen LogP contribution in [0, 0.1) is 0 Å². The van der Waals surface area contributed by atoms with E-state index in [0.717, 1.165) is 12.1 Å². The summed E-state index contributed by atoms with van der Waals surface area (Å²) in [6, 6.07) is 7.28. The fourth-order valence-corrected chi connectivity index (χ4v) is 1.59. The molecule has 0 bridgehead atoms. The molecule has 0 saturated carbocycles. The average molecular weight is 241 g/mol. The van der Waals surface area contributed by atoms with Crippen LogP contribution < -0.4 is 10.6 Å². The van der Waals surface area contributed by atoms with E-state index >= 15 is 0 Å². The Kier molecular flexibility index (Phi) is 5.29. The summed E-state index contributed by atoms with van der Waals surface area (Å²) in [6.07, 6.45) is 1.29. The van der Waals surface area contributed by atoms with Crippen molar-refractivity contribution in [3.05, 3.63) is 29.3 Å². The third-order valence-corrected chi connectivity index (χ3v) is 2.58. The van der Waals surface area contributed by atoms with Crippen molar-refractivity contribution in [1.29, 1.82) is 0 Å². The number of rotatable bonds is 5. The summed E-state index contributed by atoms with van der Waals surface area (Å²) >= 11 is 5.81. The molecule has 2 N–H and O–H groups in total. The SMILES string of the molecule is CCC(=O)N(CCCN)c1ccc(Cl)cc1. The number of carbonyl (C=O) groups excluding carboxylic acids is 1. The minimum absolute atomic E-state index is 0.107. The lowest BCUT2D eigenvalue weighted by Crippen LogP contribution is -2.32. The summed E-state index contributed by atoms with van der Waals surface area (Å²) in [5, 5.41) is 0.673. The highest BCUT2D eigenvalue weighted by molar-refractivity contribution is 6.30. The Hall–Kier alpha value is -1.06. The standard InChI is InChI=1S/C12H17ClN2O/c1-2-12(16)15(9-3-8-14)11-6-4-10(13)5-7-11/h4-7H,2-3,8-9,14H2,1H3. The highest BCUT2D eigenvalue weighted by Gasteiger charge is 2.12. The predicted molar refractivity (Wildman–Crippen MR) is 67.8 cm³/mol. The molecule has 16 heavy (non-hydrogen) atoms. The molecule has 0 heterocycles. The molecule has 4 heteroatoms. The van der Waals surface area contributed by atoms with Crippen LogP contribution in [0.3, 0.4) is 0 Å². The minimum atomic E-state index is 0.107. The number of amides is 1. The monoisotopic (exact) mass is 240 g/mol. The molecule has 0 unspecified atom stereocenters. The first kappa shape index (κ1) is 13.0. The third kappa shape index (κ3) is 3.51. The molecule has 0 fully saturated rings. The van der Waals surface area contributed by atoms with Crippen LogP contribution in [0.2, 0.25) is 5.02 Å². The number of anilines is 1. The molecule has 0 aliphatic heterocycles. The average Bonchev–Trinajstić information content (AvgIpc) is 2.31. The van der Waals surface area contributed by atoms with Gasteiger partial charge in [-0.2, -0.15) is 0 Å². The van der Waals surface area contributed by atoms with Crippen LogP contribution in [-0.4, -0.2) is 19.0 Å². The zero-order valence-corrected chi connectivity index (χ0v) is 10.2. The normalized spacial score (nSPS) is 10.2. The Morgan fingerprint density at radius 1 is 1.38 bits per heavy atom. The van der Waals surface area contributed by atoms with Crippen LogP contribution in [-0.2, 0) is 4.79 Å². The molecule has 0 saturated heterocycles. The maximum atomic E-state index is 11.8. The molecule has 1 aromatic rings. The lowest BCUT2D eigenvalue weighted by atomic mass is 10.2. The van der Waals surface area contributed by atoms with E-state index in [-0.39, 0.29) is 5.91 Å². The van der Waals surface area contributed by atoms with Gasteiger partial charge in [0, 0.05) is 23.7 Å². The van der Waals surface area contributed by atoms with Crippen molar-refractivity contribution in [1.82, 2.24) is 0 Å². The van der Waals surface area contributed by atoms with Gasteiger partial charge in [0.2, 0.25) is 5.91 Å². The molecule has 0 aliphatic rings. The number of benzene rings is 1. The fourth-order valence-electron chi connectivity index (χ4n) is 1.46. The van der Waals surface area contributed by atoms with Crippen molar-refractivity contribution in [2.24, 2.45) is 5.73 Å². The van der Waals surface area contributed by atoms with Gasteiger partial charge >= 0.3 is 0 Å². The smallest absolute Gasteiger partial charge is 0.226 e. The van der Waals surface area contributed by atoms with Gasteiger partial charge in [-0.1, -0.05) is 18.5 Å². The van der Waals surface area contributed by atoms with E-state index in [1.54, 1.807) is 17.0 Å². The first-order chi connectivity index (χ1) is 7.69. The summed E-state index contributed by atoms with van der Waals surface area (Å²) in [6.45, 7) is 3.10. The zero-order chi connectivity index (χ0) is 12.0. The molecule has 3 nitrogen and oxygen atoms in total. The lowest BCUT2D eigenvalue weighted by Gasteiger charge is -2.22.